The van der Waals surface area contributed by atoms with E-state index < -0.39 is 5.60 Å². The minimum atomic E-state index is -0.437. The van der Waals surface area contributed by atoms with Crippen LogP contribution in [0, 0.1) is 5.92 Å². The summed E-state index contributed by atoms with van der Waals surface area (Å²) in [4.78, 5) is 14.2. The molecule has 1 saturated heterocycles. The Balaban J connectivity index is 2.07. The molecule has 128 valence electrons. The van der Waals surface area contributed by atoms with Gasteiger partial charge in [0.25, 0.3) is 0 Å². The molecule has 0 bridgehead atoms. The number of hydrogen-bond donors (Lipinski definition) is 1. The first-order valence-electron chi connectivity index (χ1n) is 8.58. The van der Waals surface area contributed by atoms with Gasteiger partial charge in [-0.3, -0.25) is 0 Å². The molecule has 2 unspecified atom stereocenters. The molecular weight excluding hydrogens is 288 g/mol. The molecule has 0 saturated carbocycles. The quantitative estimate of drug-likeness (QED) is 0.921. The lowest BCUT2D eigenvalue weighted by Gasteiger charge is -2.37. The van der Waals surface area contributed by atoms with Gasteiger partial charge in [0, 0.05) is 25.6 Å². The summed E-state index contributed by atoms with van der Waals surface area (Å²) in [5, 5.41) is 3.31. The summed E-state index contributed by atoms with van der Waals surface area (Å²) >= 11 is 0. The number of nitrogens with one attached hydrogen (secondary N) is 1. The van der Waals surface area contributed by atoms with Gasteiger partial charge in [-0.15, -0.1) is 0 Å². The number of rotatable bonds is 4. The minimum Gasteiger partial charge on any atom is -0.444 e. The number of benzene rings is 1. The van der Waals surface area contributed by atoms with Crippen LogP contribution in [0.25, 0.3) is 0 Å². The molecule has 1 aliphatic rings. The van der Waals surface area contributed by atoms with Crippen molar-refractivity contribution in [2.45, 2.75) is 45.1 Å². The maximum absolute atomic E-state index is 12.4. The molecular formula is C19H30N2O2. The van der Waals surface area contributed by atoms with Crippen molar-refractivity contribution in [2.24, 2.45) is 5.92 Å². The Hall–Kier alpha value is -1.55. The van der Waals surface area contributed by atoms with Crippen LogP contribution >= 0.6 is 0 Å². The van der Waals surface area contributed by atoms with Crippen LogP contribution < -0.4 is 5.32 Å². The Kier molecular flexibility index (Phi) is 6.05. The predicted octanol–water partition coefficient (Wildman–Crippen LogP) is 3.64. The molecule has 1 heterocycles. The van der Waals surface area contributed by atoms with Crippen molar-refractivity contribution in [3.63, 3.8) is 0 Å². The zero-order chi connectivity index (χ0) is 16.9. The number of ether oxygens (including phenoxy) is 1. The molecule has 2 atom stereocenters. The molecule has 0 spiro atoms. The van der Waals surface area contributed by atoms with Crippen molar-refractivity contribution >= 4 is 6.09 Å². The molecule has 1 N–H and O–H groups in total. The molecule has 0 radical (unpaired) electrons. The average molecular weight is 318 g/mol. The molecule has 0 aromatic heterocycles. The number of nitrogens with zero attached hydrogens (tertiary/aromatic N) is 1. The first kappa shape index (κ1) is 17.8. The van der Waals surface area contributed by atoms with E-state index in [2.05, 4.69) is 29.6 Å². The monoisotopic (exact) mass is 318 g/mol. The molecule has 23 heavy (non-hydrogen) atoms. The van der Waals surface area contributed by atoms with Crippen LogP contribution in [0.2, 0.25) is 0 Å². The first-order valence-corrected chi connectivity index (χ1v) is 8.58. The fourth-order valence-corrected chi connectivity index (χ4v) is 3.31. The van der Waals surface area contributed by atoms with Crippen LogP contribution in [0.15, 0.2) is 30.3 Å². The predicted molar refractivity (Wildman–Crippen MR) is 93.6 cm³/mol. The highest BCUT2D eigenvalue weighted by Crippen LogP contribution is 2.32. The Bertz CT molecular complexity index is 496. The van der Waals surface area contributed by atoms with Crippen molar-refractivity contribution in [3.05, 3.63) is 35.9 Å². The molecule has 1 aliphatic heterocycles. The molecule has 1 aromatic carbocycles. The molecule has 4 heteroatoms. The number of likely N-dealkylation sites (N-methyl/N-ethyl adjacent to an activating group) is 1. The average Bonchev–Trinajstić information content (AvgIpc) is 2.52. The number of piperidine rings is 1. The fraction of sp³-hybridized carbons (Fsp3) is 0.632. The number of likely N-dealkylation sites (tertiary alicyclic amines) is 1. The van der Waals surface area contributed by atoms with E-state index in [9.17, 15) is 4.79 Å². The topological polar surface area (TPSA) is 41.6 Å². The van der Waals surface area contributed by atoms with Gasteiger partial charge in [-0.2, -0.15) is 0 Å². The van der Waals surface area contributed by atoms with E-state index >= 15 is 0 Å². The number of carbonyl (C=O) groups excluding carboxylic acids is 1. The van der Waals surface area contributed by atoms with Gasteiger partial charge >= 0.3 is 6.09 Å². The van der Waals surface area contributed by atoms with E-state index in [0.29, 0.717) is 11.8 Å². The largest absolute Gasteiger partial charge is 0.444 e. The van der Waals surface area contributed by atoms with E-state index in [1.165, 1.54) is 5.56 Å². The second kappa shape index (κ2) is 7.82. The number of amides is 1. The van der Waals surface area contributed by atoms with Crippen LogP contribution in [0.5, 0.6) is 0 Å². The third kappa shape index (κ3) is 5.24. The summed E-state index contributed by atoms with van der Waals surface area (Å²) in [7, 11) is 1.99. The molecule has 1 aromatic rings. The molecule has 0 aliphatic carbocycles. The highest BCUT2D eigenvalue weighted by molar-refractivity contribution is 5.68. The van der Waals surface area contributed by atoms with E-state index in [1.807, 2.05) is 38.8 Å². The second-order valence-corrected chi connectivity index (χ2v) is 7.40. The van der Waals surface area contributed by atoms with Gasteiger partial charge in [0.2, 0.25) is 0 Å². The van der Waals surface area contributed by atoms with E-state index in [-0.39, 0.29) is 6.09 Å². The Morgan fingerprint density at radius 3 is 2.65 bits per heavy atom. The summed E-state index contributed by atoms with van der Waals surface area (Å²) < 4.78 is 5.54. The lowest BCUT2D eigenvalue weighted by atomic mass is 9.81. The van der Waals surface area contributed by atoms with E-state index in [1.54, 1.807) is 0 Å². The summed E-state index contributed by atoms with van der Waals surface area (Å²) in [6.07, 6.45) is 2.01. The lowest BCUT2D eigenvalue weighted by Crippen LogP contribution is -2.45. The van der Waals surface area contributed by atoms with Crippen LogP contribution in [0.4, 0.5) is 4.79 Å². The summed E-state index contributed by atoms with van der Waals surface area (Å²) in [6.45, 7) is 8.25. The third-order valence-electron chi connectivity index (χ3n) is 4.33. The molecule has 2 rings (SSSR count). The second-order valence-electron chi connectivity index (χ2n) is 7.40. The van der Waals surface area contributed by atoms with Gasteiger partial charge in [-0.05, 0) is 52.1 Å². The maximum atomic E-state index is 12.4. The minimum absolute atomic E-state index is 0.182. The van der Waals surface area contributed by atoms with Crippen LogP contribution in [0.1, 0.15) is 45.1 Å². The van der Waals surface area contributed by atoms with Crippen molar-refractivity contribution in [2.75, 3.05) is 26.7 Å². The number of carbonyl (C=O) groups is 1. The zero-order valence-electron chi connectivity index (χ0n) is 14.8. The summed E-state index contributed by atoms with van der Waals surface area (Å²) in [6, 6.07) is 10.6. The van der Waals surface area contributed by atoms with Gasteiger partial charge in [-0.1, -0.05) is 30.3 Å². The van der Waals surface area contributed by atoms with Crippen molar-refractivity contribution in [1.29, 1.82) is 0 Å². The Morgan fingerprint density at radius 2 is 2.04 bits per heavy atom. The van der Waals surface area contributed by atoms with Gasteiger partial charge < -0.3 is 15.0 Å². The summed E-state index contributed by atoms with van der Waals surface area (Å²) in [5.74, 6) is 0.887. The molecule has 4 nitrogen and oxygen atoms in total. The lowest BCUT2D eigenvalue weighted by molar-refractivity contribution is 0.0151. The van der Waals surface area contributed by atoms with E-state index in [0.717, 1.165) is 32.5 Å². The molecule has 1 fully saturated rings. The third-order valence-corrected chi connectivity index (χ3v) is 4.33. The maximum Gasteiger partial charge on any atom is 0.410 e. The smallest absolute Gasteiger partial charge is 0.410 e. The Labute approximate surface area is 140 Å². The van der Waals surface area contributed by atoms with Crippen LogP contribution in [0.3, 0.4) is 0 Å². The number of hydrogen-bond acceptors (Lipinski definition) is 3. The standard InChI is InChI=1S/C19H30N2O2/c1-19(2,3)23-18(22)21-12-8-11-16(14-21)17(13-20-4)15-9-6-5-7-10-15/h5-7,9-10,16-17,20H,8,11-14H2,1-4H3. The zero-order valence-corrected chi connectivity index (χ0v) is 14.8. The first-order chi connectivity index (χ1) is 10.9. The van der Waals surface area contributed by atoms with Crippen molar-refractivity contribution in [1.82, 2.24) is 10.2 Å². The van der Waals surface area contributed by atoms with Gasteiger partial charge in [-0.25, -0.2) is 4.79 Å². The Morgan fingerprint density at radius 1 is 1.35 bits per heavy atom. The fourth-order valence-electron chi connectivity index (χ4n) is 3.31. The van der Waals surface area contributed by atoms with Gasteiger partial charge in [0.1, 0.15) is 5.60 Å². The van der Waals surface area contributed by atoms with E-state index in [4.69, 9.17) is 4.74 Å². The van der Waals surface area contributed by atoms with Crippen molar-refractivity contribution in [3.8, 4) is 0 Å². The van der Waals surface area contributed by atoms with Crippen LogP contribution in [-0.2, 0) is 4.74 Å². The molecule has 1 amide bonds. The van der Waals surface area contributed by atoms with Crippen molar-refractivity contribution < 1.29 is 9.53 Å². The van der Waals surface area contributed by atoms with Gasteiger partial charge in [0.05, 0.1) is 0 Å². The van der Waals surface area contributed by atoms with Crippen LogP contribution in [-0.4, -0.2) is 43.3 Å². The van der Waals surface area contributed by atoms with Gasteiger partial charge in [0.15, 0.2) is 0 Å². The highest BCUT2D eigenvalue weighted by atomic mass is 16.6. The SMILES string of the molecule is CNCC(c1ccccc1)C1CCCN(C(=O)OC(C)(C)C)C1. The highest BCUT2D eigenvalue weighted by Gasteiger charge is 2.32. The summed E-state index contributed by atoms with van der Waals surface area (Å²) in [5.41, 5.74) is 0.909. The normalized spacial score (nSPS) is 20.2.